The first-order valence-corrected chi connectivity index (χ1v) is 8.13. The van der Waals surface area contributed by atoms with Crippen molar-refractivity contribution in [2.75, 3.05) is 5.32 Å². The molecular weight excluding hydrogens is 366 g/mol. The average Bonchev–Trinajstić information content (AvgIpc) is 2.33. The quantitative estimate of drug-likeness (QED) is 0.606. The summed E-state index contributed by atoms with van der Waals surface area (Å²) in [6.07, 6.45) is 1.17. The highest BCUT2D eigenvalue weighted by Gasteiger charge is 2.31. The van der Waals surface area contributed by atoms with Crippen LogP contribution in [0.2, 0.25) is 0 Å². The number of amides is 1. The summed E-state index contributed by atoms with van der Waals surface area (Å²) in [5, 5.41) is 16.9. The van der Waals surface area contributed by atoms with Crippen molar-refractivity contribution in [2.24, 2.45) is 0 Å². The van der Waals surface area contributed by atoms with Gasteiger partial charge in [-0.15, -0.1) is 0 Å². The Bertz CT molecular complexity index is 609. The van der Waals surface area contributed by atoms with E-state index in [2.05, 4.69) is 26.6 Å². The zero-order chi connectivity index (χ0) is 17.2. The van der Waals surface area contributed by atoms with Gasteiger partial charge in [-0.3, -0.25) is 10.1 Å². The number of nitrogens with zero attached hydrogens (tertiary/aromatic N) is 1. The van der Waals surface area contributed by atoms with E-state index in [9.17, 15) is 14.9 Å². The molecule has 1 saturated carbocycles. The zero-order valence-electron chi connectivity index (χ0n) is 13.3. The van der Waals surface area contributed by atoms with Gasteiger partial charge in [0.25, 0.3) is 5.69 Å². The van der Waals surface area contributed by atoms with Crippen molar-refractivity contribution < 1.29 is 14.5 Å². The van der Waals surface area contributed by atoms with Crippen molar-refractivity contribution >= 4 is 33.4 Å². The van der Waals surface area contributed by atoms with Crippen LogP contribution in [0.4, 0.5) is 16.2 Å². The second kappa shape index (κ2) is 6.74. The monoisotopic (exact) mass is 385 g/mol. The van der Waals surface area contributed by atoms with E-state index < -0.39 is 16.6 Å². The minimum atomic E-state index is -0.503. The third-order valence-electron chi connectivity index (χ3n) is 3.37. The number of carbonyl (C=O) groups is 1. The highest BCUT2D eigenvalue weighted by Crippen LogP contribution is 2.30. The first-order valence-electron chi connectivity index (χ1n) is 7.34. The fourth-order valence-corrected chi connectivity index (χ4v) is 2.83. The van der Waals surface area contributed by atoms with Crippen LogP contribution in [-0.2, 0) is 4.74 Å². The molecule has 1 aliphatic carbocycles. The van der Waals surface area contributed by atoms with E-state index in [1.165, 1.54) is 6.07 Å². The Balaban J connectivity index is 1.79. The van der Waals surface area contributed by atoms with Crippen LogP contribution in [0.15, 0.2) is 22.7 Å². The molecule has 7 nitrogen and oxygen atoms in total. The number of hydrogen-bond donors (Lipinski definition) is 2. The van der Waals surface area contributed by atoms with Crippen LogP contribution >= 0.6 is 15.9 Å². The molecule has 23 heavy (non-hydrogen) atoms. The van der Waals surface area contributed by atoms with Gasteiger partial charge in [0.1, 0.15) is 5.60 Å². The summed E-state index contributed by atoms with van der Waals surface area (Å²) in [5.74, 6) is 0. The van der Waals surface area contributed by atoms with Crippen LogP contribution in [0.25, 0.3) is 0 Å². The molecule has 126 valence electrons. The molecule has 2 N–H and O–H groups in total. The van der Waals surface area contributed by atoms with Gasteiger partial charge in [-0.1, -0.05) is 0 Å². The molecular formula is C15H20BrN3O4. The topological polar surface area (TPSA) is 93.5 Å². The normalized spacial score (nSPS) is 20.3. The van der Waals surface area contributed by atoms with Crippen molar-refractivity contribution in [3.63, 3.8) is 0 Å². The lowest BCUT2D eigenvalue weighted by atomic mass is 9.86. The van der Waals surface area contributed by atoms with Crippen molar-refractivity contribution in [1.29, 1.82) is 0 Å². The standard InChI is InChI=1S/C15H20BrN3O4/c1-15(2,3)23-14(20)18-11-6-10(7-11)17-9-4-5-13(19(21)22)12(16)8-9/h4-5,8,10-11,17H,6-7H2,1-3H3,(H,18,20). The van der Waals surface area contributed by atoms with Gasteiger partial charge in [-0.05, 0) is 61.7 Å². The van der Waals surface area contributed by atoms with E-state index in [-0.39, 0.29) is 17.8 Å². The first-order chi connectivity index (χ1) is 10.6. The highest BCUT2D eigenvalue weighted by atomic mass is 79.9. The molecule has 1 amide bonds. The van der Waals surface area contributed by atoms with Crippen LogP contribution in [0, 0.1) is 10.1 Å². The number of nitrogens with one attached hydrogen (secondary N) is 2. The van der Waals surface area contributed by atoms with Crippen molar-refractivity contribution in [3.05, 3.63) is 32.8 Å². The smallest absolute Gasteiger partial charge is 0.407 e. The fraction of sp³-hybridized carbons (Fsp3) is 0.533. The predicted octanol–water partition coefficient (Wildman–Crippen LogP) is 3.82. The van der Waals surface area contributed by atoms with Crippen molar-refractivity contribution in [3.8, 4) is 0 Å². The molecule has 0 aromatic heterocycles. The van der Waals surface area contributed by atoms with Gasteiger partial charge in [-0.2, -0.15) is 0 Å². The van der Waals surface area contributed by atoms with Crippen LogP contribution < -0.4 is 10.6 Å². The van der Waals surface area contributed by atoms with Crippen molar-refractivity contribution in [2.45, 2.75) is 51.3 Å². The summed E-state index contributed by atoms with van der Waals surface area (Å²) in [6.45, 7) is 5.47. The third kappa shape index (κ3) is 5.09. The zero-order valence-corrected chi connectivity index (χ0v) is 14.8. The number of rotatable bonds is 4. The summed E-state index contributed by atoms with van der Waals surface area (Å²) in [5.41, 5.74) is 0.341. The van der Waals surface area contributed by atoms with Crippen LogP contribution in [0.3, 0.4) is 0 Å². The number of carbonyl (C=O) groups excluding carboxylic acids is 1. The highest BCUT2D eigenvalue weighted by molar-refractivity contribution is 9.10. The number of anilines is 1. The second-order valence-electron chi connectivity index (χ2n) is 6.58. The molecule has 0 heterocycles. The fourth-order valence-electron chi connectivity index (χ4n) is 2.31. The van der Waals surface area contributed by atoms with Gasteiger partial charge in [0, 0.05) is 23.8 Å². The summed E-state index contributed by atoms with van der Waals surface area (Å²) >= 11 is 3.19. The minimum Gasteiger partial charge on any atom is -0.444 e. The van der Waals surface area contributed by atoms with E-state index >= 15 is 0 Å². The van der Waals surface area contributed by atoms with E-state index in [1.54, 1.807) is 12.1 Å². The van der Waals surface area contributed by atoms with Gasteiger partial charge in [0.15, 0.2) is 0 Å². The molecule has 0 aliphatic heterocycles. The van der Waals surface area contributed by atoms with Gasteiger partial charge in [-0.25, -0.2) is 4.79 Å². The predicted molar refractivity (Wildman–Crippen MR) is 90.6 cm³/mol. The number of benzene rings is 1. The Kier molecular flexibility index (Phi) is 5.13. The average molecular weight is 386 g/mol. The maximum Gasteiger partial charge on any atom is 0.407 e. The second-order valence-corrected chi connectivity index (χ2v) is 7.43. The lowest BCUT2D eigenvalue weighted by Gasteiger charge is -2.37. The summed E-state index contributed by atoms with van der Waals surface area (Å²) in [6, 6.07) is 5.14. The van der Waals surface area contributed by atoms with Gasteiger partial charge in [0.05, 0.1) is 9.40 Å². The Morgan fingerprint density at radius 3 is 2.52 bits per heavy atom. The third-order valence-corrected chi connectivity index (χ3v) is 4.01. The molecule has 0 saturated heterocycles. The minimum absolute atomic E-state index is 0.0358. The molecule has 0 unspecified atom stereocenters. The SMILES string of the molecule is CC(C)(C)OC(=O)NC1CC(Nc2ccc([N+](=O)[O-])c(Br)c2)C1. The Morgan fingerprint density at radius 2 is 2.00 bits per heavy atom. The van der Waals surface area contributed by atoms with E-state index in [1.807, 2.05) is 20.8 Å². The van der Waals surface area contributed by atoms with Crippen LogP contribution in [0.1, 0.15) is 33.6 Å². The van der Waals surface area contributed by atoms with Gasteiger partial charge in [0.2, 0.25) is 0 Å². The number of alkyl carbamates (subject to hydrolysis) is 1. The van der Waals surface area contributed by atoms with Gasteiger partial charge < -0.3 is 15.4 Å². The summed E-state index contributed by atoms with van der Waals surface area (Å²) in [7, 11) is 0. The number of halogens is 1. The summed E-state index contributed by atoms with van der Waals surface area (Å²) < 4.78 is 5.65. The lowest BCUT2D eigenvalue weighted by molar-refractivity contribution is -0.385. The maximum absolute atomic E-state index is 11.6. The molecule has 0 atom stereocenters. The molecule has 2 rings (SSSR count). The Hall–Kier alpha value is -1.83. The molecule has 1 aromatic carbocycles. The molecule has 0 bridgehead atoms. The molecule has 1 aliphatic rings. The molecule has 1 aromatic rings. The maximum atomic E-state index is 11.6. The van der Waals surface area contributed by atoms with E-state index in [0.717, 1.165) is 18.5 Å². The van der Waals surface area contributed by atoms with Crippen LogP contribution in [0.5, 0.6) is 0 Å². The Labute approximate surface area is 143 Å². The molecule has 1 fully saturated rings. The number of hydrogen-bond acceptors (Lipinski definition) is 5. The van der Waals surface area contributed by atoms with Gasteiger partial charge >= 0.3 is 6.09 Å². The number of nitro benzene ring substituents is 1. The van der Waals surface area contributed by atoms with Crippen LogP contribution in [-0.4, -0.2) is 28.7 Å². The molecule has 8 heteroatoms. The Morgan fingerprint density at radius 1 is 1.35 bits per heavy atom. The molecule has 0 spiro atoms. The largest absolute Gasteiger partial charge is 0.444 e. The summed E-state index contributed by atoms with van der Waals surface area (Å²) in [4.78, 5) is 22.0. The first kappa shape index (κ1) is 17.5. The lowest BCUT2D eigenvalue weighted by Crippen LogP contribution is -2.50. The van der Waals surface area contributed by atoms with E-state index in [0.29, 0.717) is 4.47 Å². The molecule has 0 radical (unpaired) electrons. The van der Waals surface area contributed by atoms with Crippen molar-refractivity contribution in [1.82, 2.24) is 5.32 Å². The number of nitro groups is 1. The number of ether oxygens (including phenoxy) is 1. The van der Waals surface area contributed by atoms with E-state index in [4.69, 9.17) is 4.74 Å².